The van der Waals surface area contributed by atoms with Crippen LogP contribution in [0.3, 0.4) is 0 Å². The molecule has 1 aliphatic rings. The lowest BCUT2D eigenvalue weighted by atomic mass is 9.69. The van der Waals surface area contributed by atoms with Crippen molar-refractivity contribution in [1.29, 1.82) is 0 Å². The molecule has 1 aliphatic carbocycles. The van der Waals surface area contributed by atoms with Crippen molar-refractivity contribution in [2.45, 2.75) is 26.3 Å². The van der Waals surface area contributed by atoms with Crippen molar-refractivity contribution in [3.63, 3.8) is 0 Å². The summed E-state index contributed by atoms with van der Waals surface area (Å²) in [6, 6.07) is -0.155. The van der Waals surface area contributed by atoms with Crippen molar-refractivity contribution in [1.82, 2.24) is 19.5 Å². The highest BCUT2D eigenvalue weighted by atomic mass is 35.5. The molecule has 3 rings (SSSR count). The van der Waals surface area contributed by atoms with Gasteiger partial charge in [-0.1, -0.05) is 11.6 Å². The van der Waals surface area contributed by atoms with Crippen LogP contribution in [-0.2, 0) is 19.1 Å². The van der Waals surface area contributed by atoms with Crippen LogP contribution in [0.2, 0.25) is 10.4 Å². The molecule has 0 aliphatic heterocycles. The summed E-state index contributed by atoms with van der Waals surface area (Å²) in [5, 5.41) is 0.297. The Balaban J connectivity index is 1.91. The molecule has 0 radical (unpaired) electrons. The Bertz CT molecular complexity index is 871. The minimum atomic E-state index is -0.391. The number of rotatable bonds is 5. The van der Waals surface area contributed by atoms with Crippen molar-refractivity contribution in [3.05, 3.63) is 10.4 Å². The fourth-order valence-corrected chi connectivity index (χ4v) is 3.68. The van der Waals surface area contributed by atoms with E-state index in [-0.39, 0.29) is 53.4 Å². The number of carbonyl (C=O) groups excluding carboxylic acids is 2. The van der Waals surface area contributed by atoms with Gasteiger partial charge in [0.15, 0.2) is 10.8 Å². The van der Waals surface area contributed by atoms with Crippen LogP contribution < -0.4 is 5.73 Å². The molecule has 2 aromatic heterocycles. The number of anilines is 1. The highest BCUT2D eigenvalue weighted by Crippen LogP contribution is 2.47. The van der Waals surface area contributed by atoms with Crippen LogP contribution in [0.5, 0.6) is 0 Å². The van der Waals surface area contributed by atoms with Crippen LogP contribution in [0.25, 0.3) is 11.2 Å². The fourth-order valence-electron chi connectivity index (χ4n) is 3.18. The maximum Gasteiger partial charge on any atom is 0.302 e. The normalized spacial score (nSPS) is 22.1. The average molecular weight is 402 g/mol. The van der Waals surface area contributed by atoms with Crippen molar-refractivity contribution in [2.75, 3.05) is 18.9 Å². The number of nitrogens with zero attached hydrogens (tertiary/aromatic N) is 4. The smallest absolute Gasteiger partial charge is 0.302 e. The zero-order valence-corrected chi connectivity index (χ0v) is 15.6. The molecule has 1 fully saturated rings. The number of aromatic nitrogens is 4. The Kier molecular flexibility index (Phi) is 5.19. The van der Waals surface area contributed by atoms with Gasteiger partial charge in [0.05, 0.1) is 13.2 Å². The predicted octanol–water partition coefficient (Wildman–Crippen LogP) is 2.02. The molecule has 2 N–H and O–H groups in total. The lowest BCUT2D eigenvalue weighted by molar-refractivity contribution is -0.152. The van der Waals surface area contributed by atoms with Crippen LogP contribution in [0.15, 0.2) is 0 Å². The van der Waals surface area contributed by atoms with Gasteiger partial charge in [-0.2, -0.15) is 9.97 Å². The molecule has 9 nitrogen and oxygen atoms in total. The predicted molar refractivity (Wildman–Crippen MR) is 93.7 cm³/mol. The monoisotopic (exact) mass is 401 g/mol. The first kappa shape index (κ1) is 18.7. The highest BCUT2D eigenvalue weighted by Gasteiger charge is 2.45. The third-order valence-electron chi connectivity index (χ3n) is 4.43. The number of ether oxygens (including phenoxy) is 2. The van der Waals surface area contributed by atoms with Gasteiger partial charge in [0.25, 0.3) is 0 Å². The SMILES string of the molecule is CC(=O)OC[C@H]1CC(n2c(Cl)nc3c(Cl)nc(N)nc32)[C@@H]1COC(C)=O. The van der Waals surface area contributed by atoms with Gasteiger partial charge >= 0.3 is 11.9 Å². The van der Waals surface area contributed by atoms with E-state index in [1.54, 1.807) is 4.57 Å². The maximum absolute atomic E-state index is 11.2. The minimum absolute atomic E-state index is 0.00707. The van der Waals surface area contributed by atoms with E-state index in [1.807, 2.05) is 0 Å². The topological polar surface area (TPSA) is 122 Å². The summed E-state index contributed by atoms with van der Waals surface area (Å²) < 4.78 is 12.0. The number of carbonyl (C=O) groups is 2. The van der Waals surface area contributed by atoms with Crippen molar-refractivity contribution >= 4 is 52.3 Å². The van der Waals surface area contributed by atoms with Gasteiger partial charge in [-0.3, -0.25) is 14.2 Å². The number of esters is 2. The number of nitrogen functional groups attached to an aromatic ring is 1. The second kappa shape index (κ2) is 7.24. The van der Waals surface area contributed by atoms with Crippen LogP contribution in [0.1, 0.15) is 26.3 Å². The van der Waals surface area contributed by atoms with E-state index in [1.165, 1.54) is 13.8 Å². The van der Waals surface area contributed by atoms with Gasteiger partial charge in [-0.05, 0) is 18.0 Å². The number of nitrogens with two attached hydrogens (primary N) is 1. The molecule has 1 unspecified atom stereocenters. The third-order valence-corrected chi connectivity index (χ3v) is 4.96. The molecule has 0 spiro atoms. The summed E-state index contributed by atoms with van der Waals surface area (Å²) in [6.45, 7) is 3.08. The van der Waals surface area contributed by atoms with Crippen molar-refractivity contribution in [2.24, 2.45) is 11.8 Å². The van der Waals surface area contributed by atoms with Gasteiger partial charge in [-0.15, -0.1) is 0 Å². The summed E-state index contributed by atoms with van der Waals surface area (Å²) in [6.07, 6.45) is 0.645. The third kappa shape index (κ3) is 3.54. The van der Waals surface area contributed by atoms with E-state index in [9.17, 15) is 9.59 Å². The van der Waals surface area contributed by atoms with Crippen molar-refractivity contribution in [3.8, 4) is 0 Å². The van der Waals surface area contributed by atoms with Gasteiger partial charge in [0.2, 0.25) is 11.2 Å². The summed E-state index contributed by atoms with van der Waals surface area (Å²) >= 11 is 12.4. The van der Waals surface area contributed by atoms with Crippen LogP contribution in [0.4, 0.5) is 5.95 Å². The van der Waals surface area contributed by atoms with E-state index in [2.05, 4.69) is 15.0 Å². The number of hydrogen-bond donors (Lipinski definition) is 1. The fraction of sp³-hybridized carbons (Fsp3) is 0.533. The molecule has 140 valence electrons. The quantitative estimate of drug-likeness (QED) is 0.458. The Morgan fingerprint density at radius 1 is 1.15 bits per heavy atom. The van der Waals surface area contributed by atoms with Crippen LogP contribution in [0, 0.1) is 11.8 Å². The van der Waals surface area contributed by atoms with E-state index in [0.29, 0.717) is 17.6 Å². The molecule has 0 amide bonds. The zero-order chi connectivity index (χ0) is 19.0. The molecule has 3 atom stereocenters. The first-order valence-electron chi connectivity index (χ1n) is 7.91. The van der Waals surface area contributed by atoms with E-state index >= 15 is 0 Å². The number of fused-ring (bicyclic) bond motifs is 1. The van der Waals surface area contributed by atoms with Gasteiger partial charge in [0, 0.05) is 31.7 Å². The number of hydrogen-bond acceptors (Lipinski definition) is 8. The van der Waals surface area contributed by atoms with Crippen LogP contribution in [-0.4, -0.2) is 44.7 Å². The van der Waals surface area contributed by atoms with Gasteiger partial charge in [-0.25, -0.2) is 4.98 Å². The first-order chi connectivity index (χ1) is 12.3. The average Bonchev–Trinajstić information content (AvgIpc) is 2.83. The van der Waals surface area contributed by atoms with E-state index < -0.39 is 5.97 Å². The Morgan fingerprint density at radius 2 is 1.81 bits per heavy atom. The van der Waals surface area contributed by atoms with Crippen LogP contribution >= 0.6 is 23.2 Å². The Hall–Kier alpha value is -2.13. The van der Waals surface area contributed by atoms with Gasteiger partial charge in [0.1, 0.15) is 5.52 Å². The second-order valence-corrected chi connectivity index (χ2v) is 6.82. The molecule has 11 heteroatoms. The van der Waals surface area contributed by atoms with Crippen molar-refractivity contribution < 1.29 is 19.1 Å². The molecule has 1 saturated carbocycles. The largest absolute Gasteiger partial charge is 0.466 e. The Morgan fingerprint density at radius 3 is 2.46 bits per heavy atom. The standard InChI is InChI=1S/C15H17Cl2N5O4/c1-6(23)25-4-8-3-10(9(8)5-26-7(2)24)22-13-11(19-14(22)17)12(16)20-15(18)21-13/h8-10H,3-5H2,1-2H3,(H2,18,20,21)/t8-,9-,10?/m1/s1. The summed E-state index contributed by atoms with van der Waals surface area (Å²) in [5.74, 6) is -0.849. The molecule has 0 saturated heterocycles. The lowest BCUT2D eigenvalue weighted by Crippen LogP contribution is -2.44. The minimum Gasteiger partial charge on any atom is -0.466 e. The molecular formula is C15H17Cl2N5O4. The number of halogens is 2. The maximum atomic E-state index is 11.2. The molecule has 2 heterocycles. The first-order valence-corrected chi connectivity index (χ1v) is 8.66. The lowest BCUT2D eigenvalue weighted by Gasteiger charge is -2.44. The summed E-state index contributed by atoms with van der Waals surface area (Å²) in [4.78, 5) is 34.6. The molecule has 2 aromatic rings. The van der Waals surface area contributed by atoms with E-state index in [4.69, 9.17) is 38.4 Å². The highest BCUT2D eigenvalue weighted by molar-refractivity contribution is 6.34. The van der Waals surface area contributed by atoms with E-state index in [0.717, 1.165) is 0 Å². The molecule has 26 heavy (non-hydrogen) atoms. The summed E-state index contributed by atoms with van der Waals surface area (Å²) in [5.41, 5.74) is 6.45. The summed E-state index contributed by atoms with van der Waals surface area (Å²) in [7, 11) is 0. The van der Waals surface area contributed by atoms with Gasteiger partial charge < -0.3 is 15.2 Å². The molecule has 0 bridgehead atoms. The molecular weight excluding hydrogens is 385 g/mol. The Labute approximate surface area is 158 Å². The second-order valence-electron chi connectivity index (χ2n) is 6.13. The number of imidazole rings is 1. The zero-order valence-electron chi connectivity index (χ0n) is 14.1. The molecule has 0 aromatic carbocycles.